The summed E-state index contributed by atoms with van der Waals surface area (Å²) in [6, 6.07) is 10.7. The third-order valence-electron chi connectivity index (χ3n) is 4.67. The zero-order chi connectivity index (χ0) is 15.8. The van der Waals surface area contributed by atoms with Crippen LogP contribution in [-0.4, -0.2) is 38.2 Å². The average Bonchev–Trinajstić information content (AvgIpc) is 3.29. The SMILES string of the molecule is Cc1nnc(NC(=O)C2CCN2Cc2ccccc2)n1C1CC1. The smallest absolute Gasteiger partial charge is 0.244 e. The van der Waals surface area contributed by atoms with Crippen molar-refractivity contribution >= 4 is 11.9 Å². The predicted molar refractivity (Wildman–Crippen MR) is 86.9 cm³/mol. The number of carbonyl (C=O) groups is 1. The van der Waals surface area contributed by atoms with E-state index in [2.05, 4.69) is 37.1 Å². The molecule has 1 aromatic carbocycles. The molecular formula is C17H21N5O. The molecule has 0 spiro atoms. The molecular weight excluding hydrogens is 290 g/mol. The van der Waals surface area contributed by atoms with E-state index in [-0.39, 0.29) is 11.9 Å². The van der Waals surface area contributed by atoms with Gasteiger partial charge in [-0.2, -0.15) is 0 Å². The van der Waals surface area contributed by atoms with E-state index < -0.39 is 0 Å². The number of hydrogen-bond acceptors (Lipinski definition) is 4. The molecule has 2 aromatic rings. The van der Waals surface area contributed by atoms with Gasteiger partial charge in [-0.25, -0.2) is 0 Å². The van der Waals surface area contributed by atoms with E-state index in [0.717, 1.165) is 38.2 Å². The number of rotatable bonds is 5. The quantitative estimate of drug-likeness (QED) is 0.919. The zero-order valence-corrected chi connectivity index (χ0v) is 13.3. The summed E-state index contributed by atoms with van der Waals surface area (Å²) in [6.45, 7) is 3.71. The summed E-state index contributed by atoms with van der Waals surface area (Å²) >= 11 is 0. The van der Waals surface area contributed by atoms with Gasteiger partial charge in [0.05, 0.1) is 6.04 Å². The number of nitrogens with one attached hydrogen (secondary N) is 1. The Morgan fingerprint density at radius 2 is 2.00 bits per heavy atom. The molecule has 1 N–H and O–H groups in total. The van der Waals surface area contributed by atoms with Gasteiger partial charge in [0.15, 0.2) is 0 Å². The lowest BCUT2D eigenvalue weighted by atomic mass is 10.0. The lowest BCUT2D eigenvalue weighted by Gasteiger charge is -2.39. The summed E-state index contributed by atoms with van der Waals surface area (Å²) in [5.41, 5.74) is 1.24. The van der Waals surface area contributed by atoms with Gasteiger partial charge >= 0.3 is 0 Å². The van der Waals surface area contributed by atoms with Gasteiger partial charge in [0.2, 0.25) is 11.9 Å². The highest BCUT2D eigenvalue weighted by Crippen LogP contribution is 2.37. The number of nitrogens with zero attached hydrogens (tertiary/aromatic N) is 4. The number of anilines is 1. The molecule has 1 saturated carbocycles. The van der Waals surface area contributed by atoms with Crippen LogP contribution in [0.15, 0.2) is 30.3 Å². The number of carbonyl (C=O) groups excluding carboxylic acids is 1. The molecule has 0 bridgehead atoms. The monoisotopic (exact) mass is 311 g/mol. The van der Waals surface area contributed by atoms with Gasteiger partial charge in [0, 0.05) is 19.1 Å². The largest absolute Gasteiger partial charge is 0.294 e. The minimum absolute atomic E-state index is 0.0291. The number of hydrogen-bond donors (Lipinski definition) is 1. The van der Waals surface area contributed by atoms with E-state index >= 15 is 0 Å². The Labute approximate surface area is 135 Å². The second-order valence-corrected chi connectivity index (χ2v) is 6.42. The normalized spacial score (nSPS) is 21.0. The molecule has 6 nitrogen and oxygen atoms in total. The Balaban J connectivity index is 1.41. The highest BCUT2D eigenvalue weighted by molar-refractivity contribution is 5.94. The van der Waals surface area contributed by atoms with Crippen molar-refractivity contribution in [2.45, 2.75) is 44.8 Å². The van der Waals surface area contributed by atoms with Crippen molar-refractivity contribution in [3.8, 4) is 0 Å². The van der Waals surface area contributed by atoms with Crippen LogP contribution in [0.25, 0.3) is 0 Å². The Hall–Kier alpha value is -2.21. The molecule has 1 atom stereocenters. The van der Waals surface area contributed by atoms with Crippen LogP contribution in [0.1, 0.15) is 36.7 Å². The number of aryl methyl sites for hydroxylation is 1. The number of benzene rings is 1. The lowest BCUT2D eigenvalue weighted by Crippen LogP contribution is -2.53. The van der Waals surface area contributed by atoms with Crippen molar-refractivity contribution in [3.63, 3.8) is 0 Å². The highest BCUT2D eigenvalue weighted by Gasteiger charge is 2.35. The van der Waals surface area contributed by atoms with Gasteiger partial charge in [0.1, 0.15) is 5.82 Å². The Morgan fingerprint density at radius 1 is 1.22 bits per heavy atom. The van der Waals surface area contributed by atoms with Crippen molar-refractivity contribution in [1.82, 2.24) is 19.7 Å². The van der Waals surface area contributed by atoms with Crippen LogP contribution < -0.4 is 5.32 Å². The van der Waals surface area contributed by atoms with Crippen LogP contribution in [0, 0.1) is 6.92 Å². The molecule has 120 valence electrons. The maximum absolute atomic E-state index is 12.6. The molecule has 0 radical (unpaired) electrons. The number of amides is 1. The van der Waals surface area contributed by atoms with Crippen molar-refractivity contribution in [2.75, 3.05) is 11.9 Å². The van der Waals surface area contributed by atoms with Gasteiger partial charge in [-0.1, -0.05) is 30.3 Å². The molecule has 1 amide bonds. The van der Waals surface area contributed by atoms with Crippen LogP contribution in [0.5, 0.6) is 0 Å². The fourth-order valence-electron chi connectivity index (χ4n) is 3.16. The van der Waals surface area contributed by atoms with E-state index in [1.54, 1.807) is 0 Å². The van der Waals surface area contributed by atoms with Crippen molar-refractivity contribution in [2.24, 2.45) is 0 Å². The first-order chi connectivity index (χ1) is 11.2. The molecule has 4 rings (SSSR count). The van der Waals surface area contributed by atoms with E-state index in [1.165, 1.54) is 5.56 Å². The van der Waals surface area contributed by atoms with Gasteiger partial charge in [-0.05, 0) is 31.7 Å². The minimum atomic E-state index is -0.0696. The molecule has 2 fully saturated rings. The maximum atomic E-state index is 12.6. The van der Waals surface area contributed by atoms with E-state index in [1.807, 2.05) is 25.1 Å². The standard InChI is InChI=1S/C17H21N5O/c1-12-19-20-17(22(12)14-7-8-14)18-16(23)15-9-10-21(15)11-13-5-3-2-4-6-13/h2-6,14-15H,7-11H2,1H3,(H,18,20,23). The van der Waals surface area contributed by atoms with E-state index in [4.69, 9.17) is 0 Å². The summed E-state index contributed by atoms with van der Waals surface area (Å²) in [4.78, 5) is 14.8. The fourth-order valence-corrected chi connectivity index (χ4v) is 3.16. The van der Waals surface area contributed by atoms with Crippen LogP contribution in [-0.2, 0) is 11.3 Å². The van der Waals surface area contributed by atoms with Crippen molar-refractivity contribution < 1.29 is 4.79 Å². The average molecular weight is 311 g/mol. The van der Waals surface area contributed by atoms with Crippen LogP contribution in [0.3, 0.4) is 0 Å². The molecule has 1 aliphatic heterocycles. The molecule has 2 aliphatic rings. The molecule has 1 saturated heterocycles. The first-order valence-corrected chi connectivity index (χ1v) is 8.23. The third kappa shape index (κ3) is 2.86. The summed E-state index contributed by atoms with van der Waals surface area (Å²) < 4.78 is 2.05. The number of aromatic nitrogens is 3. The topological polar surface area (TPSA) is 63.1 Å². The fraction of sp³-hybridized carbons (Fsp3) is 0.471. The first-order valence-electron chi connectivity index (χ1n) is 8.23. The summed E-state index contributed by atoms with van der Waals surface area (Å²) in [7, 11) is 0. The third-order valence-corrected chi connectivity index (χ3v) is 4.67. The zero-order valence-electron chi connectivity index (χ0n) is 13.3. The molecule has 1 aliphatic carbocycles. The predicted octanol–water partition coefficient (Wildman–Crippen LogP) is 2.13. The minimum Gasteiger partial charge on any atom is -0.294 e. The molecule has 2 heterocycles. The molecule has 23 heavy (non-hydrogen) atoms. The van der Waals surface area contributed by atoms with Gasteiger partial charge < -0.3 is 0 Å². The Bertz CT molecular complexity index is 707. The summed E-state index contributed by atoms with van der Waals surface area (Å²) in [5, 5.41) is 11.2. The second-order valence-electron chi connectivity index (χ2n) is 6.42. The lowest BCUT2D eigenvalue weighted by molar-refractivity contribution is -0.125. The van der Waals surface area contributed by atoms with Crippen molar-refractivity contribution in [1.29, 1.82) is 0 Å². The molecule has 6 heteroatoms. The van der Waals surface area contributed by atoms with Gasteiger partial charge in [-0.3, -0.25) is 19.6 Å². The molecule has 1 unspecified atom stereocenters. The van der Waals surface area contributed by atoms with Crippen LogP contribution >= 0.6 is 0 Å². The van der Waals surface area contributed by atoms with Crippen LogP contribution in [0.4, 0.5) is 5.95 Å². The summed E-state index contributed by atoms with van der Waals surface area (Å²) in [5.74, 6) is 1.50. The summed E-state index contributed by atoms with van der Waals surface area (Å²) in [6.07, 6.45) is 3.19. The van der Waals surface area contributed by atoms with Crippen LogP contribution in [0.2, 0.25) is 0 Å². The highest BCUT2D eigenvalue weighted by atomic mass is 16.2. The Morgan fingerprint density at radius 3 is 2.65 bits per heavy atom. The number of likely N-dealkylation sites (tertiary alicyclic amines) is 1. The van der Waals surface area contributed by atoms with Gasteiger partial charge in [-0.15, -0.1) is 10.2 Å². The van der Waals surface area contributed by atoms with Crippen molar-refractivity contribution in [3.05, 3.63) is 41.7 Å². The van der Waals surface area contributed by atoms with E-state index in [0.29, 0.717) is 12.0 Å². The first kappa shape index (κ1) is 14.4. The second kappa shape index (κ2) is 5.77. The maximum Gasteiger partial charge on any atom is 0.244 e. The van der Waals surface area contributed by atoms with Gasteiger partial charge in [0.25, 0.3) is 0 Å². The Kier molecular flexibility index (Phi) is 3.61. The van der Waals surface area contributed by atoms with E-state index in [9.17, 15) is 4.79 Å². The molecule has 1 aromatic heterocycles.